The Kier molecular flexibility index (Phi) is 5.37. The lowest BCUT2D eigenvalue weighted by Crippen LogP contribution is -2.52. The Bertz CT molecular complexity index is 670. The summed E-state index contributed by atoms with van der Waals surface area (Å²) in [5.74, 6) is -0.572. The van der Waals surface area contributed by atoms with Crippen LogP contribution in [-0.4, -0.2) is 49.0 Å². The molecule has 0 unspecified atom stereocenters. The van der Waals surface area contributed by atoms with Crippen LogP contribution in [0.4, 0.5) is 0 Å². The quantitative estimate of drug-likeness (QED) is 0.452. The number of likely N-dealkylation sites (tertiary alicyclic amines) is 1. The van der Waals surface area contributed by atoms with Crippen LogP contribution in [0.15, 0.2) is 30.3 Å². The van der Waals surface area contributed by atoms with Crippen molar-refractivity contribution in [1.29, 1.82) is 0 Å². The van der Waals surface area contributed by atoms with Crippen molar-refractivity contribution in [1.82, 2.24) is 4.90 Å². The number of carbonyl (C=O) groups is 1. The SMILES string of the molecule is NC(=O)C1(c2ccccc2)CCN(C(P(=O)(O)O)P(=O)(O)O)CC1. The van der Waals surface area contributed by atoms with Crippen LogP contribution in [0.25, 0.3) is 0 Å². The summed E-state index contributed by atoms with van der Waals surface area (Å²) in [6, 6.07) is 8.76. The standard InChI is InChI=1S/C13H20N2O7P2/c14-11(16)13(10-4-2-1-3-5-10)6-8-15(9-7-13)12(23(17,18)19)24(20,21)22/h1-5,12H,6-9H2,(H2,14,16)(H2,17,18,19)(H2,20,21,22). The molecular weight excluding hydrogens is 358 g/mol. The van der Waals surface area contributed by atoms with E-state index in [1.54, 1.807) is 30.3 Å². The molecule has 1 aliphatic heterocycles. The fraction of sp³-hybridized carbons (Fsp3) is 0.462. The highest BCUT2D eigenvalue weighted by Gasteiger charge is 2.51. The van der Waals surface area contributed by atoms with E-state index in [9.17, 15) is 33.5 Å². The second kappa shape index (κ2) is 6.69. The van der Waals surface area contributed by atoms with Crippen molar-refractivity contribution in [2.75, 3.05) is 13.1 Å². The van der Waals surface area contributed by atoms with E-state index in [4.69, 9.17) is 5.73 Å². The molecule has 0 aliphatic carbocycles. The van der Waals surface area contributed by atoms with Gasteiger partial charge in [-0.15, -0.1) is 0 Å². The van der Waals surface area contributed by atoms with Crippen LogP contribution in [0.3, 0.4) is 0 Å². The second-order valence-electron chi connectivity index (χ2n) is 5.87. The molecule has 134 valence electrons. The van der Waals surface area contributed by atoms with Crippen molar-refractivity contribution >= 4 is 21.1 Å². The fourth-order valence-electron chi connectivity index (χ4n) is 3.19. The van der Waals surface area contributed by atoms with Gasteiger partial charge in [0.15, 0.2) is 0 Å². The maximum absolute atomic E-state index is 12.0. The first-order valence-electron chi connectivity index (χ1n) is 7.18. The number of rotatable bonds is 5. The minimum absolute atomic E-state index is 0.0707. The van der Waals surface area contributed by atoms with Gasteiger partial charge in [-0.05, 0) is 18.4 Å². The lowest BCUT2D eigenvalue weighted by Gasteiger charge is -2.42. The molecule has 1 aliphatic rings. The third-order valence-electron chi connectivity index (χ3n) is 4.38. The Balaban J connectivity index is 2.30. The van der Waals surface area contributed by atoms with Gasteiger partial charge >= 0.3 is 15.2 Å². The first kappa shape index (κ1) is 19.3. The van der Waals surface area contributed by atoms with Crippen LogP contribution in [0, 0.1) is 0 Å². The summed E-state index contributed by atoms with van der Waals surface area (Å²) in [7, 11) is -10.1. The van der Waals surface area contributed by atoms with Gasteiger partial charge in [0.2, 0.25) is 11.4 Å². The topological polar surface area (TPSA) is 161 Å². The van der Waals surface area contributed by atoms with Crippen molar-refractivity contribution in [3.8, 4) is 0 Å². The second-order valence-corrected chi connectivity index (χ2v) is 9.61. The minimum Gasteiger partial charge on any atom is -0.369 e. The Hall–Kier alpha value is -1.05. The molecule has 0 spiro atoms. The first-order valence-corrected chi connectivity index (χ1v) is 10.5. The Morgan fingerprint density at radius 3 is 1.88 bits per heavy atom. The van der Waals surface area contributed by atoms with Gasteiger partial charge in [0, 0.05) is 13.1 Å². The van der Waals surface area contributed by atoms with Gasteiger partial charge < -0.3 is 25.3 Å². The van der Waals surface area contributed by atoms with E-state index in [0.717, 1.165) is 4.90 Å². The van der Waals surface area contributed by atoms with Gasteiger partial charge in [0.1, 0.15) is 0 Å². The molecule has 0 radical (unpaired) electrons. The minimum atomic E-state index is -5.06. The number of primary amides is 1. The zero-order valence-electron chi connectivity index (χ0n) is 12.7. The van der Waals surface area contributed by atoms with Crippen molar-refractivity contribution in [2.24, 2.45) is 5.73 Å². The fourth-order valence-corrected chi connectivity index (χ4v) is 6.07. The molecular formula is C13H20N2O7P2. The molecule has 2 rings (SSSR count). The summed E-state index contributed by atoms with van der Waals surface area (Å²) in [5.41, 5.74) is 3.02. The predicted molar refractivity (Wildman–Crippen MR) is 86.0 cm³/mol. The van der Waals surface area contributed by atoms with Crippen molar-refractivity contribution < 1.29 is 33.5 Å². The summed E-state index contributed by atoms with van der Waals surface area (Å²) < 4.78 is 23.0. The van der Waals surface area contributed by atoms with Crippen molar-refractivity contribution in [2.45, 2.75) is 23.8 Å². The van der Waals surface area contributed by atoms with Gasteiger partial charge in [-0.3, -0.25) is 18.8 Å². The van der Waals surface area contributed by atoms with Gasteiger partial charge in [0.05, 0.1) is 5.41 Å². The third kappa shape index (κ3) is 3.78. The van der Waals surface area contributed by atoms with Crippen LogP contribution in [0.1, 0.15) is 18.4 Å². The number of nitrogens with zero attached hydrogens (tertiary/aromatic N) is 1. The Morgan fingerprint density at radius 2 is 1.50 bits per heavy atom. The van der Waals surface area contributed by atoms with Crippen molar-refractivity contribution in [3.63, 3.8) is 0 Å². The Labute approximate surface area is 138 Å². The molecule has 0 saturated carbocycles. The van der Waals surface area contributed by atoms with E-state index in [-0.39, 0.29) is 25.9 Å². The molecule has 1 aromatic carbocycles. The van der Waals surface area contributed by atoms with Gasteiger partial charge in [-0.1, -0.05) is 30.3 Å². The summed E-state index contributed by atoms with van der Waals surface area (Å²) in [6.45, 7) is -0.141. The number of hydrogen-bond acceptors (Lipinski definition) is 4. The summed E-state index contributed by atoms with van der Waals surface area (Å²) >= 11 is 0. The molecule has 0 bridgehead atoms. The number of carbonyl (C=O) groups excluding carboxylic acids is 1. The monoisotopic (exact) mass is 378 g/mol. The average molecular weight is 378 g/mol. The molecule has 9 nitrogen and oxygen atoms in total. The number of hydrogen-bond donors (Lipinski definition) is 5. The number of amides is 1. The van der Waals surface area contributed by atoms with Crippen LogP contribution < -0.4 is 5.73 Å². The molecule has 11 heteroatoms. The Morgan fingerprint density at radius 1 is 1.04 bits per heavy atom. The van der Waals surface area contributed by atoms with Gasteiger partial charge in [0.25, 0.3) is 0 Å². The lowest BCUT2D eigenvalue weighted by atomic mass is 9.72. The summed E-state index contributed by atoms with van der Waals surface area (Å²) in [4.78, 5) is 50.3. The predicted octanol–water partition coefficient (Wildman–Crippen LogP) is 0.144. The van der Waals surface area contributed by atoms with E-state index in [1.165, 1.54) is 0 Å². The zero-order chi connectivity index (χ0) is 18.2. The van der Waals surface area contributed by atoms with Crippen LogP contribution in [-0.2, 0) is 19.3 Å². The van der Waals surface area contributed by atoms with Crippen LogP contribution in [0.2, 0.25) is 0 Å². The van der Waals surface area contributed by atoms with Crippen LogP contribution in [0.5, 0.6) is 0 Å². The number of nitrogens with two attached hydrogens (primary N) is 1. The maximum atomic E-state index is 12.0. The highest BCUT2D eigenvalue weighted by Crippen LogP contribution is 2.61. The molecule has 1 aromatic rings. The maximum Gasteiger partial charge on any atom is 0.354 e. The van der Waals surface area contributed by atoms with E-state index in [1.807, 2.05) is 0 Å². The average Bonchev–Trinajstić information content (AvgIpc) is 2.46. The highest BCUT2D eigenvalue weighted by molar-refractivity contribution is 7.70. The highest BCUT2D eigenvalue weighted by atomic mass is 31.2. The van der Waals surface area contributed by atoms with Gasteiger partial charge in [-0.2, -0.15) is 0 Å². The number of benzene rings is 1. The largest absolute Gasteiger partial charge is 0.369 e. The smallest absolute Gasteiger partial charge is 0.354 e. The van der Waals surface area contributed by atoms with Crippen molar-refractivity contribution in [3.05, 3.63) is 35.9 Å². The lowest BCUT2D eigenvalue weighted by molar-refractivity contribution is -0.125. The van der Waals surface area contributed by atoms with E-state index in [2.05, 4.69) is 0 Å². The molecule has 24 heavy (non-hydrogen) atoms. The normalized spacial score (nSPS) is 19.4. The zero-order valence-corrected chi connectivity index (χ0v) is 14.5. The first-order chi connectivity index (χ1) is 11.0. The molecule has 6 N–H and O–H groups in total. The molecule has 1 saturated heterocycles. The molecule has 1 heterocycles. The summed E-state index contributed by atoms with van der Waals surface area (Å²) in [6.07, 6.45) is 0.228. The molecule has 0 atom stereocenters. The molecule has 1 amide bonds. The number of piperidine rings is 1. The summed E-state index contributed by atoms with van der Waals surface area (Å²) in [5, 5.41) is 0. The third-order valence-corrected chi connectivity index (χ3v) is 8.04. The molecule has 1 fully saturated rings. The van der Waals surface area contributed by atoms with E-state index in [0.29, 0.717) is 5.56 Å². The van der Waals surface area contributed by atoms with Crippen LogP contribution >= 0.6 is 15.2 Å². The van der Waals surface area contributed by atoms with Gasteiger partial charge in [-0.25, -0.2) is 0 Å². The van der Waals surface area contributed by atoms with E-state index < -0.39 is 32.0 Å². The molecule has 0 aromatic heterocycles. The van der Waals surface area contributed by atoms with E-state index >= 15 is 0 Å².